The molecule has 1 aromatic heterocycles. The van der Waals surface area contributed by atoms with Crippen LogP contribution in [0, 0.1) is 6.92 Å². The van der Waals surface area contributed by atoms with E-state index in [1.165, 1.54) is 20.0 Å². The molecule has 202 valence electrons. The Labute approximate surface area is 214 Å². The zero-order chi connectivity index (χ0) is 27.5. The third-order valence-corrected chi connectivity index (χ3v) is 8.28. The molecule has 1 fully saturated rings. The van der Waals surface area contributed by atoms with Crippen LogP contribution >= 0.6 is 0 Å². The number of nitrogens with one attached hydrogen (secondary N) is 1. The molecule has 1 N–H and O–H groups in total. The highest BCUT2D eigenvalue weighted by Gasteiger charge is 2.60. The summed E-state index contributed by atoms with van der Waals surface area (Å²) in [5.41, 5.74) is -2.13. The first-order valence-electron chi connectivity index (χ1n) is 11.6. The normalized spacial score (nSPS) is 23.5. The van der Waals surface area contributed by atoms with Crippen LogP contribution in [0.3, 0.4) is 0 Å². The third-order valence-electron chi connectivity index (χ3n) is 6.33. The summed E-state index contributed by atoms with van der Waals surface area (Å²) in [7, 11) is -3.09. The van der Waals surface area contributed by atoms with E-state index in [-0.39, 0.29) is 18.6 Å². The minimum absolute atomic E-state index is 0.0171. The summed E-state index contributed by atoms with van der Waals surface area (Å²) < 4.78 is 46.1. The van der Waals surface area contributed by atoms with Crippen LogP contribution in [-0.4, -0.2) is 64.8 Å². The number of aromatic amines is 1. The van der Waals surface area contributed by atoms with E-state index in [1.54, 1.807) is 31.2 Å². The van der Waals surface area contributed by atoms with Gasteiger partial charge in [0.25, 0.3) is 5.56 Å². The van der Waals surface area contributed by atoms with E-state index in [9.17, 15) is 27.6 Å². The van der Waals surface area contributed by atoms with Crippen molar-refractivity contribution in [2.24, 2.45) is 0 Å². The van der Waals surface area contributed by atoms with Gasteiger partial charge in [0.1, 0.15) is 17.5 Å². The van der Waals surface area contributed by atoms with Crippen molar-refractivity contribution < 1.29 is 32.2 Å². The van der Waals surface area contributed by atoms with Crippen LogP contribution in [0.15, 0.2) is 46.1 Å². The number of nitrogens with zero attached hydrogens (tertiary/aromatic N) is 2. The number of ether oxygens (including phenoxy) is 3. The Bertz CT molecular complexity index is 1370. The summed E-state index contributed by atoms with van der Waals surface area (Å²) in [6, 6.07) is 9.04. The van der Waals surface area contributed by atoms with Gasteiger partial charge in [-0.2, -0.15) is 0 Å². The molecule has 0 spiro atoms. The third kappa shape index (κ3) is 6.00. The Morgan fingerprint density at radius 3 is 2.41 bits per heavy atom. The van der Waals surface area contributed by atoms with Crippen molar-refractivity contribution in [3.63, 3.8) is 0 Å². The topological polar surface area (TPSA) is 154 Å². The van der Waals surface area contributed by atoms with E-state index in [2.05, 4.69) is 4.98 Å². The number of rotatable bonds is 9. The van der Waals surface area contributed by atoms with Crippen LogP contribution < -0.4 is 11.2 Å². The summed E-state index contributed by atoms with van der Waals surface area (Å²) in [5, 5.41) is 0. The monoisotopic (exact) mass is 537 g/mol. The van der Waals surface area contributed by atoms with Crippen molar-refractivity contribution in [1.82, 2.24) is 13.9 Å². The molecule has 2 aromatic rings. The van der Waals surface area contributed by atoms with Crippen LogP contribution in [0.5, 0.6) is 0 Å². The second kappa shape index (κ2) is 11.0. The van der Waals surface area contributed by atoms with Crippen molar-refractivity contribution in [1.29, 1.82) is 0 Å². The molecule has 1 aliphatic rings. The molecule has 12 nitrogen and oxygen atoms in total. The maximum absolute atomic E-state index is 13.2. The summed E-state index contributed by atoms with van der Waals surface area (Å²) in [6.07, 6.45) is -2.45. The predicted octanol–water partition coefficient (Wildman–Crippen LogP) is 0.848. The first-order chi connectivity index (χ1) is 17.3. The predicted molar refractivity (Wildman–Crippen MR) is 132 cm³/mol. The van der Waals surface area contributed by atoms with Gasteiger partial charge in [-0.3, -0.25) is 23.9 Å². The maximum atomic E-state index is 13.2. The first kappa shape index (κ1) is 28.3. The quantitative estimate of drug-likeness (QED) is 0.459. The van der Waals surface area contributed by atoms with E-state index in [0.717, 1.165) is 24.1 Å². The molecule has 0 saturated carbocycles. The maximum Gasteiger partial charge on any atom is 0.330 e. The van der Waals surface area contributed by atoms with Gasteiger partial charge in [-0.15, -0.1) is 0 Å². The number of carbonyl (C=O) groups excluding carboxylic acids is 2. The van der Waals surface area contributed by atoms with Crippen molar-refractivity contribution in [2.45, 2.75) is 64.8 Å². The molecule has 0 radical (unpaired) electrons. The fraction of sp³-hybridized carbons (Fsp3) is 0.500. The van der Waals surface area contributed by atoms with Crippen molar-refractivity contribution in [2.75, 3.05) is 12.8 Å². The Morgan fingerprint density at radius 1 is 1.19 bits per heavy atom. The van der Waals surface area contributed by atoms with E-state index in [0.29, 0.717) is 4.31 Å². The van der Waals surface area contributed by atoms with E-state index in [4.69, 9.17) is 14.2 Å². The van der Waals surface area contributed by atoms with Crippen LogP contribution in [0.25, 0.3) is 0 Å². The minimum atomic E-state index is -4.22. The number of carbonyl (C=O) groups is 2. The largest absolute Gasteiger partial charge is 0.455 e. The second-order valence-corrected chi connectivity index (χ2v) is 10.9. The number of amides is 1. The van der Waals surface area contributed by atoms with Gasteiger partial charge in [-0.25, -0.2) is 17.5 Å². The number of aromatic nitrogens is 2. The Balaban J connectivity index is 2.16. The van der Waals surface area contributed by atoms with Crippen molar-refractivity contribution >= 4 is 21.9 Å². The number of sulfonamides is 1. The lowest BCUT2D eigenvalue weighted by Gasteiger charge is -2.34. The Morgan fingerprint density at radius 2 is 1.84 bits per heavy atom. The van der Waals surface area contributed by atoms with Crippen LogP contribution in [-0.2, 0) is 40.4 Å². The highest BCUT2D eigenvalue weighted by molar-refractivity contribution is 7.89. The molecule has 1 aliphatic heterocycles. The fourth-order valence-electron chi connectivity index (χ4n) is 4.24. The van der Waals surface area contributed by atoms with Gasteiger partial charge in [0.15, 0.2) is 12.3 Å². The number of benzene rings is 1. The second-order valence-electron chi connectivity index (χ2n) is 8.94. The lowest BCUT2D eigenvalue weighted by atomic mass is 9.94. The molecule has 13 heteroatoms. The lowest BCUT2D eigenvalue weighted by Crippen LogP contribution is -2.52. The summed E-state index contributed by atoms with van der Waals surface area (Å²) in [4.78, 5) is 50.9. The number of aryl methyl sites for hydroxylation is 1. The molecule has 1 aromatic carbocycles. The Hall–Kier alpha value is -3.29. The highest BCUT2D eigenvalue weighted by Crippen LogP contribution is 2.44. The van der Waals surface area contributed by atoms with Crippen LogP contribution in [0.1, 0.15) is 44.5 Å². The Kier molecular flexibility index (Phi) is 8.40. The lowest BCUT2D eigenvalue weighted by molar-refractivity contribution is -0.158. The fourth-order valence-corrected chi connectivity index (χ4v) is 5.88. The minimum Gasteiger partial charge on any atom is -0.455 e. The van der Waals surface area contributed by atoms with Gasteiger partial charge in [0.2, 0.25) is 15.9 Å². The number of hydrogen-bond acceptors (Lipinski definition) is 9. The molecule has 2 heterocycles. The van der Waals surface area contributed by atoms with Gasteiger partial charge < -0.3 is 14.2 Å². The van der Waals surface area contributed by atoms with Gasteiger partial charge in [0, 0.05) is 32.7 Å². The molecule has 0 aliphatic carbocycles. The summed E-state index contributed by atoms with van der Waals surface area (Å²) >= 11 is 0. The summed E-state index contributed by atoms with van der Waals surface area (Å²) in [5.74, 6) is -2.11. The summed E-state index contributed by atoms with van der Waals surface area (Å²) in [6.45, 7) is 5.44. The zero-order valence-corrected chi connectivity index (χ0v) is 22.1. The van der Waals surface area contributed by atoms with E-state index < -0.39 is 62.9 Å². The van der Waals surface area contributed by atoms with Gasteiger partial charge in [-0.05, 0) is 18.9 Å². The molecule has 0 bridgehead atoms. The van der Waals surface area contributed by atoms with E-state index >= 15 is 0 Å². The smallest absolute Gasteiger partial charge is 0.330 e. The molecular weight excluding hydrogens is 506 g/mol. The van der Waals surface area contributed by atoms with Crippen molar-refractivity contribution in [3.05, 3.63) is 68.5 Å². The standard InChI is InChI=1S/C24H31N3O9S/c1-6-24(14-37(32,33)26(5)16(3)28)20(34-13-18-10-8-7-9-11-18)19(35-17(4)29)22(36-24)27-12-15(2)21(30)25-23(27)31/h7-12,19-20,22H,6,13-14H2,1-5H3,(H,25,30,31)/t19-,20?,22+,24-/m0/s1. The van der Waals surface area contributed by atoms with Crippen molar-refractivity contribution in [3.8, 4) is 0 Å². The number of esters is 1. The molecular formula is C24H31N3O9S. The molecule has 1 unspecified atom stereocenters. The zero-order valence-electron chi connectivity index (χ0n) is 21.3. The average Bonchev–Trinajstić information content (AvgIpc) is 3.11. The van der Waals surface area contributed by atoms with Crippen LogP contribution in [0.4, 0.5) is 0 Å². The van der Waals surface area contributed by atoms with E-state index in [1.807, 2.05) is 6.07 Å². The molecule has 1 amide bonds. The molecule has 3 rings (SSSR count). The van der Waals surface area contributed by atoms with Gasteiger partial charge in [0.05, 0.1) is 6.61 Å². The van der Waals surface area contributed by atoms with Gasteiger partial charge >= 0.3 is 11.7 Å². The molecule has 4 atom stereocenters. The molecule has 1 saturated heterocycles. The SMILES string of the molecule is CC[C@@]1(CS(=O)(=O)N(C)C(C)=O)O[C@@H](n2cc(C)c(=O)[nH]c2=O)[C@@H](OC(C)=O)C1OCc1ccccc1. The molecule has 37 heavy (non-hydrogen) atoms. The number of H-pyrrole nitrogens is 1. The van der Waals surface area contributed by atoms with Crippen LogP contribution in [0.2, 0.25) is 0 Å². The first-order valence-corrected chi connectivity index (χ1v) is 13.2. The average molecular weight is 538 g/mol. The highest BCUT2D eigenvalue weighted by atomic mass is 32.2. The number of hydrogen-bond donors (Lipinski definition) is 1. The van der Waals surface area contributed by atoms with Gasteiger partial charge in [-0.1, -0.05) is 37.3 Å².